The minimum Gasteiger partial charge on any atom is -0.459 e. The molecule has 0 bridgehead atoms. The lowest BCUT2D eigenvalue weighted by atomic mass is 9.95. The average Bonchev–Trinajstić information content (AvgIpc) is 2.98. The molecule has 3 rings (SSSR count). The first-order valence-corrected chi connectivity index (χ1v) is 7.14. The third-order valence-corrected chi connectivity index (χ3v) is 4.45. The molecule has 3 heteroatoms. The summed E-state index contributed by atoms with van der Waals surface area (Å²) in [4.78, 5) is 0. The average molecular weight is 258 g/mol. The zero-order chi connectivity index (χ0) is 13.4. The smallest absolute Gasteiger partial charge is 0.137 e. The first-order chi connectivity index (χ1) is 9.19. The summed E-state index contributed by atoms with van der Waals surface area (Å²) in [6, 6.07) is 8.52. The molecule has 3 atom stereocenters. The zero-order valence-corrected chi connectivity index (χ0v) is 11.6. The van der Waals surface area contributed by atoms with Crippen molar-refractivity contribution in [3.05, 3.63) is 35.6 Å². The second-order valence-electron chi connectivity index (χ2n) is 5.96. The Morgan fingerprint density at radius 3 is 2.84 bits per heavy atom. The summed E-state index contributed by atoms with van der Waals surface area (Å²) in [7, 11) is 0. The third-order valence-electron chi connectivity index (χ3n) is 4.45. The van der Waals surface area contributed by atoms with Crippen molar-refractivity contribution in [2.75, 3.05) is 0 Å². The highest BCUT2D eigenvalue weighted by Crippen LogP contribution is 2.40. The van der Waals surface area contributed by atoms with Gasteiger partial charge in [-0.1, -0.05) is 31.5 Å². The van der Waals surface area contributed by atoms with Crippen molar-refractivity contribution in [3.8, 4) is 0 Å². The maximum atomic E-state index is 6.06. The van der Waals surface area contributed by atoms with Gasteiger partial charge in [0.25, 0.3) is 0 Å². The molecule has 1 aliphatic carbocycles. The van der Waals surface area contributed by atoms with E-state index in [4.69, 9.17) is 10.3 Å². The number of nitrogens with one attached hydrogen (secondary N) is 1. The summed E-state index contributed by atoms with van der Waals surface area (Å²) in [5.74, 6) is 8.14. The van der Waals surface area contributed by atoms with Crippen LogP contribution in [0, 0.1) is 18.8 Å². The molecule has 0 aliphatic heterocycles. The number of hydrogen-bond acceptors (Lipinski definition) is 3. The van der Waals surface area contributed by atoms with Crippen LogP contribution in [0.4, 0.5) is 0 Å². The van der Waals surface area contributed by atoms with Gasteiger partial charge in [-0.2, -0.15) is 0 Å². The predicted molar refractivity (Wildman–Crippen MR) is 77.5 cm³/mol. The topological polar surface area (TPSA) is 51.2 Å². The van der Waals surface area contributed by atoms with Gasteiger partial charge in [0.1, 0.15) is 11.3 Å². The van der Waals surface area contributed by atoms with E-state index in [1.165, 1.54) is 30.2 Å². The number of aryl methyl sites for hydroxylation is 1. The molecule has 3 unspecified atom stereocenters. The molecule has 102 valence electrons. The molecule has 0 radical (unpaired) electrons. The fraction of sp³-hybridized carbons (Fsp3) is 0.500. The summed E-state index contributed by atoms with van der Waals surface area (Å²) >= 11 is 0. The monoisotopic (exact) mass is 258 g/mol. The Morgan fingerprint density at radius 2 is 2.21 bits per heavy atom. The Kier molecular flexibility index (Phi) is 3.33. The van der Waals surface area contributed by atoms with Gasteiger partial charge in [0.15, 0.2) is 0 Å². The van der Waals surface area contributed by atoms with E-state index in [1.807, 2.05) is 0 Å². The number of hydrazine groups is 1. The van der Waals surface area contributed by atoms with Crippen LogP contribution >= 0.6 is 0 Å². The van der Waals surface area contributed by atoms with E-state index < -0.39 is 0 Å². The van der Waals surface area contributed by atoms with Gasteiger partial charge in [-0.15, -0.1) is 0 Å². The maximum absolute atomic E-state index is 6.06. The lowest BCUT2D eigenvalue weighted by Gasteiger charge is -2.20. The lowest BCUT2D eigenvalue weighted by Crippen LogP contribution is -2.32. The van der Waals surface area contributed by atoms with E-state index >= 15 is 0 Å². The number of rotatable bonds is 3. The van der Waals surface area contributed by atoms with E-state index in [1.54, 1.807) is 0 Å². The molecule has 1 aromatic carbocycles. The first kappa shape index (κ1) is 12.7. The molecule has 1 aliphatic rings. The molecule has 0 saturated heterocycles. The molecule has 2 aromatic rings. The molecule has 1 fully saturated rings. The zero-order valence-electron chi connectivity index (χ0n) is 11.6. The molecule has 3 nitrogen and oxygen atoms in total. The minimum atomic E-state index is 0.136. The van der Waals surface area contributed by atoms with E-state index in [0.29, 0.717) is 5.92 Å². The predicted octanol–water partition coefficient (Wildman–Crippen LogP) is 3.68. The second kappa shape index (κ2) is 4.99. The highest BCUT2D eigenvalue weighted by Gasteiger charge is 2.31. The highest BCUT2D eigenvalue weighted by molar-refractivity contribution is 5.81. The van der Waals surface area contributed by atoms with Crippen molar-refractivity contribution < 1.29 is 4.42 Å². The van der Waals surface area contributed by atoms with E-state index in [2.05, 4.69) is 43.5 Å². The normalized spacial score (nSPS) is 25.0. The SMILES string of the molecule is Cc1cccc2cc(C(NN)C3CCC(C)C3)oc12. The Bertz CT molecular complexity index is 575. The fourth-order valence-electron chi connectivity index (χ4n) is 3.39. The molecule has 3 N–H and O–H groups in total. The first-order valence-electron chi connectivity index (χ1n) is 7.14. The van der Waals surface area contributed by atoms with Gasteiger partial charge in [-0.3, -0.25) is 5.84 Å². The van der Waals surface area contributed by atoms with Crippen molar-refractivity contribution in [2.45, 2.75) is 39.2 Å². The Hall–Kier alpha value is -1.32. The van der Waals surface area contributed by atoms with Crippen molar-refractivity contribution in [1.29, 1.82) is 0 Å². The summed E-state index contributed by atoms with van der Waals surface area (Å²) in [6.07, 6.45) is 3.75. The number of benzene rings is 1. The number of hydrogen-bond donors (Lipinski definition) is 2. The fourth-order valence-corrected chi connectivity index (χ4v) is 3.39. The number of nitrogens with two attached hydrogens (primary N) is 1. The molecule has 1 heterocycles. The summed E-state index contributed by atoms with van der Waals surface area (Å²) in [5.41, 5.74) is 5.14. The quantitative estimate of drug-likeness (QED) is 0.652. The third kappa shape index (κ3) is 2.28. The van der Waals surface area contributed by atoms with Crippen LogP contribution in [-0.4, -0.2) is 0 Å². The van der Waals surface area contributed by atoms with Crippen LogP contribution < -0.4 is 11.3 Å². The summed E-state index contributed by atoms with van der Waals surface area (Å²) in [6.45, 7) is 4.40. The van der Waals surface area contributed by atoms with Crippen molar-refractivity contribution in [2.24, 2.45) is 17.7 Å². The van der Waals surface area contributed by atoms with Crippen LogP contribution in [0.3, 0.4) is 0 Å². The van der Waals surface area contributed by atoms with Crippen molar-refractivity contribution in [3.63, 3.8) is 0 Å². The van der Waals surface area contributed by atoms with Gasteiger partial charge >= 0.3 is 0 Å². The van der Waals surface area contributed by atoms with Gasteiger partial charge in [0.05, 0.1) is 6.04 Å². The van der Waals surface area contributed by atoms with Gasteiger partial charge in [0.2, 0.25) is 0 Å². The van der Waals surface area contributed by atoms with E-state index in [0.717, 1.165) is 17.3 Å². The highest BCUT2D eigenvalue weighted by atomic mass is 16.3. The van der Waals surface area contributed by atoms with Crippen LogP contribution in [-0.2, 0) is 0 Å². The molecule has 1 aromatic heterocycles. The van der Waals surface area contributed by atoms with Crippen LogP contribution in [0.15, 0.2) is 28.7 Å². The van der Waals surface area contributed by atoms with E-state index in [9.17, 15) is 0 Å². The van der Waals surface area contributed by atoms with Gasteiger partial charge in [0, 0.05) is 5.39 Å². The Morgan fingerprint density at radius 1 is 1.37 bits per heavy atom. The molecular formula is C16H22N2O. The van der Waals surface area contributed by atoms with Crippen molar-refractivity contribution >= 4 is 11.0 Å². The van der Waals surface area contributed by atoms with Crippen LogP contribution in [0.25, 0.3) is 11.0 Å². The molecule has 0 spiro atoms. The molecule has 1 saturated carbocycles. The lowest BCUT2D eigenvalue weighted by molar-refractivity contribution is 0.317. The summed E-state index contributed by atoms with van der Waals surface area (Å²) < 4.78 is 6.06. The standard InChI is InChI=1S/C16H22N2O/c1-10-6-7-12(8-10)15(18-17)14-9-13-5-3-4-11(2)16(13)19-14/h3-5,9-10,12,15,18H,6-8,17H2,1-2H3. The molecule has 19 heavy (non-hydrogen) atoms. The number of para-hydroxylation sites is 1. The maximum Gasteiger partial charge on any atom is 0.137 e. The van der Waals surface area contributed by atoms with Crippen molar-refractivity contribution in [1.82, 2.24) is 5.43 Å². The number of fused-ring (bicyclic) bond motifs is 1. The van der Waals surface area contributed by atoms with E-state index in [-0.39, 0.29) is 6.04 Å². The molecule has 0 amide bonds. The van der Waals surface area contributed by atoms with Gasteiger partial charge < -0.3 is 4.42 Å². The van der Waals surface area contributed by atoms with Gasteiger partial charge in [-0.25, -0.2) is 5.43 Å². The largest absolute Gasteiger partial charge is 0.459 e. The minimum absolute atomic E-state index is 0.136. The number of furan rings is 1. The van der Waals surface area contributed by atoms with Crippen LogP contribution in [0.1, 0.15) is 43.6 Å². The van der Waals surface area contributed by atoms with Gasteiger partial charge in [-0.05, 0) is 43.2 Å². The second-order valence-corrected chi connectivity index (χ2v) is 5.96. The Balaban J connectivity index is 1.95. The summed E-state index contributed by atoms with van der Waals surface area (Å²) in [5, 5.41) is 1.17. The van der Waals surface area contributed by atoms with Crippen LogP contribution in [0.2, 0.25) is 0 Å². The molecular weight excluding hydrogens is 236 g/mol. The Labute approximate surface area is 114 Å². The van der Waals surface area contributed by atoms with Crippen LogP contribution in [0.5, 0.6) is 0 Å².